The van der Waals surface area contributed by atoms with Gasteiger partial charge in [0.2, 0.25) is 0 Å². The number of allylic oxidation sites excluding steroid dienone is 1. The second kappa shape index (κ2) is 4.51. The molecule has 0 spiro atoms. The molecule has 0 aromatic heterocycles. The van der Waals surface area contributed by atoms with E-state index in [1.165, 1.54) is 0 Å². The van der Waals surface area contributed by atoms with E-state index in [-0.39, 0.29) is 5.97 Å². The molecule has 0 heterocycles. The molecular formula is C9H15ClO2. The molecule has 0 aliphatic carbocycles. The number of carbonyl (C=O) groups excluding carboxylic acids is 1. The lowest BCUT2D eigenvalue weighted by atomic mass is 9.89. The van der Waals surface area contributed by atoms with Crippen molar-refractivity contribution < 1.29 is 9.53 Å². The molecule has 0 aromatic carbocycles. The van der Waals surface area contributed by atoms with Crippen molar-refractivity contribution >= 4 is 17.6 Å². The summed E-state index contributed by atoms with van der Waals surface area (Å²) in [5.41, 5.74) is -0.561. The molecule has 0 fully saturated rings. The first-order valence-electron chi connectivity index (χ1n) is 3.90. The van der Waals surface area contributed by atoms with Crippen molar-refractivity contribution in [1.29, 1.82) is 0 Å². The number of esters is 1. The van der Waals surface area contributed by atoms with Crippen LogP contribution in [0.4, 0.5) is 0 Å². The summed E-state index contributed by atoms with van der Waals surface area (Å²) in [6.07, 6.45) is 0.452. The van der Waals surface area contributed by atoms with Crippen molar-refractivity contribution in [2.75, 3.05) is 6.61 Å². The summed E-state index contributed by atoms with van der Waals surface area (Å²) in [5, 5.41) is 0.480. The molecule has 70 valence electrons. The van der Waals surface area contributed by atoms with Gasteiger partial charge in [0.05, 0.1) is 12.0 Å². The molecule has 0 aliphatic heterocycles. The van der Waals surface area contributed by atoms with Gasteiger partial charge in [-0.15, -0.1) is 0 Å². The second-order valence-corrected chi connectivity index (χ2v) is 3.83. The third-order valence-corrected chi connectivity index (χ3v) is 1.60. The molecule has 0 unspecified atom stereocenters. The summed E-state index contributed by atoms with van der Waals surface area (Å²) in [5.74, 6) is -0.230. The third-order valence-electron chi connectivity index (χ3n) is 1.46. The zero-order valence-electron chi connectivity index (χ0n) is 7.82. The van der Waals surface area contributed by atoms with E-state index in [9.17, 15) is 4.79 Å². The van der Waals surface area contributed by atoms with Gasteiger partial charge in [0.25, 0.3) is 0 Å². The van der Waals surface area contributed by atoms with E-state index in [0.717, 1.165) is 0 Å². The van der Waals surface area contributed by atoms with Gasteiger partial charge in [-0.3, -0.25) is 4.79 Å². The predicted octanol–water partition coefficient (Wildman–Crippen LogP) is 2.72. The molecule has 0 bridgehead atoms. The van der Waals surface area contributed by atoms with Crippen molar-refractivity contribution in [3.05, 3.63) is 11.6 Å². The largest absolute Gasteiger partial charge is 0.466 e. The van der Waals surface area contributed by atoms with Crippen LogP contribution in [0.25, 0.3) is 0 Å². The summed E-state index contributed by atoms with van der Waals surface area (Å²) in [4.78, 5) is 11.3. The number of halogens is 1. The molecule has 0 aromatic rings. The van der Waals surface area contributed by atoms with E-state index in [1.807, 2.05) is 0 Å². The van der Waals surface area contributed by atoms with Gasteiger partial charge in [0, 0.05) is 5.03 Å². The Morgan fingerprint density at radius 1 is 1.58 bits per heavy atom. The van der Waals surface area contributed by atoms with Gasteiger partial charge in [-0.2, -0.15) is 0 Å². The number of carbonyl (C=O) groups is 1. The van der Waals surface area contributed by atoms with Crippen LogP contribution in [0.3, 0.4) is 0 Å². The first kappa shape index (κ1) is 11.5. The molecule has 0 saturated carbocycles. The smallest absolute Gasteiger partial charge is 0.311 e. The highest BCUT2D eigenvalue weighted by Crippen LogP contribution is 2.27. The highest BCUT2D eigenvalue weighted by atomic mass is 35.5. The van der Waals surface area contributed by atoms with E-state index in [4.69, 9.17) is 16.3 Å². The van der Waals surface area contributed by atoms with Gasteiger partial charge in [0.1, 0.15) is 0 Å². The average molecular weight is 191 g/mol. The van der Waals surface area contributed by atoms with Gasteiger partial charge in [-0.25, -0.2) is 0 Å². The van der Waals surface area contributed by atoms with Crippen molar-refractivity contribution in [1.82, 2.24) is 0 Å². The number of hydrogen-bond donors (Lipinski definition) is 0. The summed E-state index contributed by atoms with van der Waals surface area (Å²) in [6, 6.07) is 0. The number of ether oxygens (including phenoxy) is 1. The van der Waals surface area contributed by atoms with Crippen LogP contribution in [-0.2, 0) is 9.53 Å². The average Bonchev–Trinajstić information content (AvgIpc) is 1.85. The molecule has 3 heteroatoms. The zero-order chi connectivity index (χ0) is 9.78. The van der Waals surface area contributed by atoms with Crippen molar-refractivity contribution in [2.45, 2.75) is 27.2 Å². The molecule has 0 saturated heterocycles. The monoisotopic (exact) mass is 190 g/mol. The topological polar surface area (TPSA) is 26.3 Å². The standard InChI is InChI=1S/C9H15ClO2/c1-5-12-8(11)9(3,4)6-7(2)10/h2,5-6H2,1,3-4H3. The Labute approximate surface area is 78.5 Å². The lowest BCUT2D eigenvalue weighted by Gasteiger charge is -2.21. The van der Waals surface area contributed by atoms with Crippen LogP contribution >= 0.6 is 11.6 Å². The zero-order valence-corrected chi connectivity index (χ0v) is 8.57. The molecule has 2 nitrogen and oxygen atoms in total. The SMILES string of the molecule is C=C(Cl)CC(C)(C)C(=O)OCC. The Morgan fingerprint density at radius 2 is 2.08 bits per heavy atom. The van der Waals surface area contributed by atoms with E-state index in [1.54, 1.807) is 20.8 Å². The van der Waals surface area contributed by atoms with Crippen LogP contribution in [0.5, 0.6) is 0 Å². The molecule has 0 amide bonds. The van der Waals surface area contributed by atoms with Gasteiger partial charge < -0.3 is 4.74 Å². The maximum atomic E-state index is 11.3. The second-order valence-electron chi connectivity index (χ2n) is 3.30. The molecule has 0 radical (unpaired) electrons. The lowest BCUT2D eigenvalue weighted by molar-refractivity contribution is -0.153. The first-order valence-corrected chi connectivity index (χ1v) is 4.28. The van der Waals surface area contributed by atoms with E-state index in [2.05, 4.69) is 6.58 Å². The maximum Gasteiger partial charge on any atom is 0.311 e. The highest BCUT2D eigenvalue weighted by Gasteiger charge is 2.29. The summed E-state index contributed by atoms with van der Waals surface area (Å²) in [6.45, 7) is 9.30. The first-order chi connectivity index (χ1) is 5.40. The Balaban J connectivity index is 4.18. The summed E-state index contributed by atoms with van der Waals surface area (Å²) >= 11 is 5.60. The van der Waals surface area contributed by atoms with Crippen LogP contribution in [0.1, 0.15) is 27.2 Å². The fourth-order valence-corrected chi connectivity index (χ4v) is 1.21. The minimum atomic E-state index is -0.561. The van der Waals surface area contributed by atoms with E-state index >= 15 is 0 Å². The van der Waals surface area contributed by atoms with Gasteiger partial charge in [0.15, 0.2) is 0 Å². The van der Waals surface area contributed by atoms with E-state index < -0.39 is 5.41 Å². The van der Waals surface area contributed by atoms with Crippen molar-refractivity contribution in [2.24, 2.45) is 5.41 Å². The van der Waals surface area contributed by atoms with Crippen LogP contribution < -0.4 is 0 Å². The third kappa shape index (κ3) is 3.77. The molecule has 0 atom stereocenters. The highest BCUT2D eigenvalue weighted by molar-refractivity contribution is 6.29. The predicted molar refractivity (Wildman–Crippen MR) is 50.0 cm³/mol. The number of rotatable bonds is 4. The van der Waals surface area contributed by atoms with Crippen LogP contribution in [0.2, 0.25) is 0 Å². The van der Waals surface area contributed by atoms with Crippen LogP contribution in [0.15, 0.2) is 11.6 Å². The van der Waals surface area contributed by atoms with Crippen molar-refractivity contribution in [3.8, 4) is 0 Å². The lowest BCUT2D eigenvalue weighted by Crippen LogP contribution is -2.26. The Morgan fingerprint density at radius 3 is 2.42 bits per heavy atom. The molecule has 0 rings (SSSR count). The maximum absolute atomic E-state index is 11.3. The summed E-state index contributed by atoms with van der Waals surface area (Å²) in [7, 11) is 0. The molecule has 0 N–H and O–H groups in total. The fraction of sp³-hybridized carbons (Fsp3) is 0.667. The molecular weight excluding hydrogens is 176 g/mol. The minimum absolute atomic E-state index is 0.230. The van der Waals surface area contributed by atoms with E-state index in [0.29, 0.717) is 18.1 Å². The quantitative estimate of drug-likeness (QED) is 0.638. The van der Waals surface area contributed by atoms with Crippen LogP contribution in [-0.4, -0.2) is 12.6 Å². The van der Waals surface area contributed by atoms with Crippen molar-refractivity contribution in [3.63, 3.8) is 0 Å². The van der Waals surface area contributed by atoms with Gasteiger partial charge in [-0.05, 0) is 27.2 Å². The molecule has 0 aliphatic rings. The Bertz CT molecular complexity index is 185. The Hall–Kier alpha value is -0.500. The fourth-order valence-electron chi connectivity index (χ4n) is 0.878. The normalized spacial score (nSPS) is 11.0. The molecule has 12 heavy (non-hydrogen) atoms. The minimum Gasteiger partial charge on any atom is -0.466 e. The summed E-state index contributed by atoms with van der Waals surface area (Å²) < 4.78 is 4.87. The van der Waals surface area contributed by atoms with Gasteiger partial charge in [-0.1, -0.05) is 18.2 Å². The Kier molecular flexibility index (Phi) is 4.32. The number of hydrogen-bond acceptors (Lipinski definition) is 2. The van der Waals surface area contributed by atoms with Gasteiger partial charge >= 0.3 is 5.97 Å². The van der Waals surface area contributed by atoms with Crippen LogP contribution in [0, 0.1) is 5.41 Å².